The Bertz CT molecular complexity index is 393. The number of para-hydroxylation sites is 1. The van der Waals surface area contributed by atoms with Crippen molar-refractivity contribution >= 4 is 11.8 Å². The van der Waals surface area contributed by atoms with Crippen molar-refractivity contribution in [2.75, 3.05) is 18.5 Å². The van der Waals surface area contributed by atoms with Crippen molar-refractivity contribution < 1.29 is 9.53 Å². The monoisotopic (exact) mass is 262 g/mol. The van der Waals surface area contributed by atoms with E-state index in [4.69, 9.17) is 4.74 Å². The van der Waals surface area contributed by atoms with Gasteiger partial charge >= 0.3 is 6.09 Å². The van der Waals surface area contributed by atoms with E-state index >= 15 is 0 Å². The first-order valence-electron chi connectivity index (χ1n) is 7.04. The Balaban J connectivity index is 1.80. The lowest BCUT2D eigenvalue weighted by Gasteiger charge is -2.16. The maximum Gasteiger partial charge on any atom is 0.407 e. The predicted molar refractivity (Wildman–Crippen MR) is 76.4 cm³/mol. The normalized spacial score (nSPS) is 17.8. The molecular formula is C15H22N2O2. The van der Waals surface area contributed by atoms with Crippen molar-refractivity contribution in [3.63, 3.8) is 0 Å². The van der Waals surface area contributed by atoms with Crippen molar-refractivity contribution in [3.8, 4) is 0 Å². The highest BCUT2D eigenvalue weighted by atomic mass is 16.5. The zero-order valence-electron chi connectivity index (χ0n) is 11.4. The molecule has 2 rings (SSSR count). The van der Waals surface area contributed by atoms with Crippen molar-refractivity contribution in [3.05, 3.63) is 29.8 Å². The number of amides is 1. The van der Waals surface area contributed by atoms with E-state index < -0.39 is 0 Å². The summed E-state index contributed by atoms with van der Waals surface area (Å²) in [5.74, 6) is 0. The van der Waals surface area contributed by atoms with Crippen LogP contribution in [0.25, 0.3) is 0 Å². The Kier molecular flexibility index (Phi) is 5.07. The fourth-order valence-electron chi connectivity index (χ4n) is 2.22. The van der Waals surface area contributed by atoms with Gasteiger partial charge in [-0.3, -0.25) is 0 Å². The summed E-state index contributed by atoms with van der Waals surface area (Å²) in [5.41, 5.74) is 2.48. The predicted octanol–water partition coefficient (Wildman–Crippen LogP) is 2.94. The maximum absolute atomic E-state index is 11.6. The molecule has 1 aromatic rings. The van der Waals surface area contributed by atoms with E-state index in [0.717, 1.165) is 32.2 Å². The van der Waals surface area contributed by atoms with Crippen LogP contribution < -0.4 is 10.6 Å². The number of rotatable bonds is 4. The van der Waals surface area contributed by atoms with Crippen molar-refractivity contribution in [1.82, 2.24) is 5.32 Å². The smallest absolute Gasteiger partial charge is 0.407 e. The van der Waals surface area contributed by atoms with Crippen molar-refractivity contribution in [2.45, 2.75) is 38.6 Å². The molecule has 0 radical (unpaired) electrons. The molecule has 0 fully saturated rings. The van der Waals surface area contributed by atoms with Gasteiger partial charge in [0.1, 0.15) is 0 Å². The highest BCUT2D eigenvalue weighted by molar-refractivity contribution is 5.67. The zero-order valence-corrected chi connectivity index (χ0v) is 11.4. The standard InChI is InChI=1S/C15H22N2O2/c1-2-3-10-19-15(18)17-13-9-8-12-6-4-5-7-14(12)16-11-13/h4-7,13,16H,2-3,8-11H2,1H3,(H,17,18). The van der Waals surface area contributed by atoms with E-state index in [2.05, 4.69) is 29.7 Å². The van der Waals surface area contributed by atoms with Gasteiger partial charge in [0.15, 0.2) is 0 Å². The molecule has 0 bridgehead atoms. The summed E-state index contributed by atoms with van der Waals surface area (Å²) in [7, 11) is 0. The van der Waals surface area contributed by atoms with Crippen LogP contribution in [-0.2, 0) is 11.2 Å². The third-order valence-corrected chi connectivity index (χ3v) is 3.37. The molecule has 1 aromatic carbocycles. The number of hydrogen-bond acceptors (Lipinski definition) is 3. The van der Waals surface area contributed by atoms with Gasteiger partial charge in [-0.1, -0.05) is 31.5 Å². The Morgan fingerprint density at radius 2 is 2.32 bits per heavy atom. The van der Waals surface area contributed by atoms with Crippen molar-refractivity contribution in [2.24, 2.45) is 0 Å². The van der Waals surface area contributed by atoms with Gasteiger partial charge in [0.25, 0.3) is 0 Å². The molecule has 1 atom stereocenters. The van der Waals surface area contributed by atoms with Crippen LogP contribution in [0.2, 0.25) is 0 Å². The first-order chi connectivity index (χ1) is 9.29. The molecule has 0 saturated carbocycles. The van der Waals surface area contributed by atoms with Gasteiger partial charge in [-0.15, -0.1) is 0 Å². The average molecular weight is 262 g/mol. The second kappa shape index (κ2) is 7.02. The van der Waals surface area contributed by atoms with Crippen LogP contribution >= 0.6 is 0 Å². The van der Waals surface area contributed by atoms with Crippen LogP contribution in [0.5, 0.6) is 0 Å². The summed E-state index contributed by atoms with van der Waals surface area (Å²) in [6.07, 6.45) is 3.57. The molecule has 1 aliphatic rings. The second-order valence-corrected chi connectivity index (χ2v) is 4.91. The fraction of sp³-hybridized carbons (Fsp3) is 0.533. The lowest BCUT2D eigenvalue weighted by molar-refractivity contribution is 0.140. The number of alkyl carbamates (subject to hydrolysis) is 1. The van der Waals surface area contributed by atoms with Gasteiger partial charge in [0, 0.05) is 18.3 Å². The molecule has 2 N–H and O–H groups in total. The van der Waals surface area contributed by atoms with E-state index in [1.165, 1.54) is 11.3 Å². The van der Waals surface area contributed by atoms with Crippen LogP contribution in [0.1, 0.15) is 31.7 Å². The molecule has 1 heterocycles. The number of ether oxygens (including phenoxy) is 1. The fourth-order valence-corrected chi connectivity index (χ4v) is 2.22. The lowest BCUT2D eigenvalue weighted by atomic mass is 10.1. The molecule has 1 aliphatic heterocycles. The Labute approximate surface area is 114 Å². The van der Waals surface area contributed by atoms with Gasteiger partial charge in [-0.2, -0.15) is 0 Å². The van der Waals surface area contributed by atoms with E-state index in [9.17, 15) is 4.79 Å². The number of benzene rings is 1. The van der Waals surface area contributed by atoms with Crippen LogP contribution in [0.4, 0.5) is 10.5 Å². The number of carbonyl (C=O) groups excluding carboxylic acids is 1. The highest BCUT2D eigenvalue weighted by Gasteiger charge is 2.17. The summed E-state index contributed by atoms with van der Waals surface area (Å²) in [5, 5.41) is 6.31. The van der Waals surface area contributed by atoms with Crippen LogP contribution in [-0.4, -0.2) is 25.3 Å². The molecule has 0 aliphatic carbocycles. The number of carbonyl (C=O) groups is 1. The largest absolute Gasteiger partial charge is 0.450 e. The van der Waals surface area contributed by atoms with Crippen LogP contribution in [0.3, 0.4) is 0 Å². The van der Waals surface area contributed by atoms with Gasteiger partial charge in [-0.05, 0) is 30.9 Å². The minimum absolute atomic E-state index is 0.126. The van der Waals surface area contributed by atoms with E-state index in [0.29, 0.717) is 6.61 Å². The third-order valence-electron chi connectivity index (χ3n) is 3.37. The number of unbranched alkanes of at least 4 members (excludes halogenated alkanes) is 1. The SMILES string of the molecule is CCCCOC(=O)NC1CCc2ccccc2NC1. The van der Waals surface area contributed by atoms with E-state index in [1.807, 2.05) is 12.1 Å². The first kappa shape index (κ1) is 13.7. The van der Waals surface area contributed by atoms with Gasteiger partial charge in [0.05, 0.1) is 6.61 Å². The quantitative estimate of drug-likeness (QED) is 0.820. The molecule has 0 saturated heterocycles. The molecule has 0 aromatic heterocycles. The Morgan fingerprint density at radius 1 is 1.47 bits per heavy atom. The Morgan fingerprint density at radius 3 is 3.16 bits per heavy atom. The first-order valence-corrected chi connectivity index (χ1v) is 7.04. The number of hydrogen-bond donors (Lipinski definition) is 2. The van der Waals surface area contributed by atoms with Gasteiger partial charge < -0.3 is 15.4 Å². The van der Waals surface area contributed by atoms with Crippen molar-refractivity contribution in [1.29, 1.82) is 0 Å². The number of nitrogens with one attached hydrogen (secondary N) is 2. The lowest BCUT2D eigenvalue weighted by Crippen LogP contribution is -2.39. The second-order valence-electron chi connectivity index (χ2n) is 4.91. The molecule has 104 valence electrons. The van der Waals surface area contributed by atoms with Crippen LogP contribution in [0, 0.1) is 0 Å². The topological polar surface area (TPSA) is 50.4 Å². The summed E-state index contributed by atoms with van der Waals surface area (Å²) in [6, 6.07) is 8.41. The molecule has 1 unspecified atom stereocenters. The molecule has 19 heavy (non-hydrogen) atoms. The molecule has 4 heteroatoms. The zero-order chi connectivity index (χ0) is 13.5. The van der Waals surface area contributed by atoms with Crippen LogP contribution in [0.15, 0.2) is 24.3 Å². The molecule has 1 amide bonds. The molecule has 4 nitrogen and oxygen atoms in total. The minimum Gasteiger partial charge on any atom is -0.450 e. The molecular weight excluding hydrogens is 240 g/mol. The average Bonchev–Trinajstić information content (AvgIpc) is 2.62. The summed E-state index contributed by atoms with van der Waals surface area (Å²) >= 11 is 0. The minimum atomic E-state index is -0.300. The van der Waals surface area contributed by atoms with E-state index in [-0.39, 0.29) is 12.1 Å². The number of fused-ring (bicyclic) bond motifs is 1. The number of anilines is 1. The Hall–Kier alpha value is -1.71. The molecule has 0 spiro atoms. The number of aryl methyl sites for hydroxylation is 1. The third kappa shape index (κ3) is 4.16. The summed E-state index contributed by atoms with van der Waals surface area (Å²) in [4.78, 5) is 11.6. The van der Waals surface area contributed by atoms with Gasteiger partial charge in [0.2, 0.25) is 0 Å². The van der Waals surface area contributed by atoms with E-state index in [1.54, 1.807) is 0 Å². The summed E-state index contributed by atoms with van der Waals surface area (Å²) in [6.45, 7) is 3.33. The van der Waals surface area contributed by atoms with Gasteiger partial charge in [-0.25, -0.2) is 4.79 Å². The highest BCUT2D eigenvalue weighted by Crippen LogP contribution is 2.20. The summed E-state index contributed by atoms with van der Waals surface area (Å²) < 4.78 is 5.13. The maximum atomic E-state index is 11.6.